The minimum Gasteiger partial charge on any atom is -0.407 e. The monoisotopic (exact) mass is 442 g/mol. The molecule has 1 fully saturated rings. The average Bonchev–Trinajstić information content (AvgIpc) is 2.95. The number of aliphatic hydroxyl groups is 2. The molecule has 1 aliphatic carbocycles. The summed E-state index contributed by atoms with van der Waals surface area (Å²) in [5, 5.41) is 23.3. The molecular weight excluding hydrogens is 404 g/mol. The van der Waals surface area contributed by atoms with Gasteiger partial charge in [0.15, 0.2) is 0 Å². The van der Waals surface area contributed by atoms with Gasteiger partial charge in [-0.15, -0.1) is 0 Å². The number of hydrogen-bond donors (Lipinski definition) is 2. The molecule has 0 aliphatic heterocycles. The van der Waals surface area contributed by atoms with Gasteiger partial charge >= 0.3 is 0 Å². The summed E-state index contributed by atoms with van der Waals surface area (Å²) in [4.78, 5) is 0. The van der Waals surface area contributed by atoms with Crippen molar-refractivity contribution < 1.29 is 19.4 Å². The molecular formula is C26H38O4Si. The zero-order valence-electron chi connectivity index (χ0n) is 19.7. The van der Waals surface area contributed by atoms with Gasteiger partial charge in [0.25, 0.3) is 8.32 Å². The van der Waals surface area contributed by atoms with Crippen LogP contribution in [0.25, 0.3) is 0 Å². The Morgan fingerprint density at radius 3 is 1.74 bits per heavy atom. The molecule has 4 unspecified atom stereocenters. The third kappa shape index (κ3) is 5.12. The lowest BCUT2D eigenvalue weighted by atomic mass is 10.1. The van der Waals surface area contributed by atoms with Crippen molar-refractivity contribution in [1.82, 2.24) is 0 Å². The highest BCUT2D eigenvalue weighted by Gasteiger charge is 2.52. The molecule has 4 atom stereocenters. The third-order valence-electron chi connectivity index (χ3n) is 6.16. The maximum Gasteiger partial charge on any atom is 0.261 e. The van der Waals surface area contributed by atoms with Gasteiger partial charge in [-0.05, 0) is 42.6 Å². The van der Waals surface area contributed by atoms with E-state index in [0.29, 0.717) is 13.0 Å². The van der Waals surface area contributed by atoms with Crippen molar-refractivity contribution in [3.05, 3.63) is 60.7 Å². The van der Waals surface area contributed by atoms with Gasteiger partial charge in [-0.2, -0.15) is 0 Å². The van der Waals surface area contributed by atoms with Crippen LogP contribution in [-0.2, 0) is 9.16 Å². The summed E-state index contributed by atoms with van der Waals surface area (Å²) in [6.45, 7) is 13.1. The molecule has 0 heterocycles. The molecule has 0 bridgehead atoms. The van der Waals surface area contributed by atoms with Crippen LogP contribution in [0.3, 0.4) is 0 Å². The lowest BCUT2D eigenvalue weighted by molar-refractivity contribution is -0.129. The van der Waals surface area contributed by atoms with Gasteiger partial charge < -0.3 is 19.4 Å². The van der Waals surface area contributed by atoms with Crippen LogP contribution in [0.2, 0.25) is 5.04 Å². The standard InChI is InChI=1S/C26H38O4Si/c1-25(2,3)30-24-19(17-22(27)23(24)28)18-29-31(26(4,5)6,20-13-9-7-10-14-20)21-15-11-8-12-16-21/h7-16,19,22-24,27-28H,17-18H2,1-6H3. The topological polar surface area (TPSA) is 58.9 Å². The van der Waals surface area contributed by atoms with E-state index in [9.17, 15) is 10.2 Å². The molecule has 2 aromatic rings. The van der Waals surface area contributed by atoms with Crippen molar-refractivity contribution in [2.45, 2.75) is 76.9 Å². The SMILES string of the molecule is CC(C)(C)OC1C(CO[Si](c2ccccc2)(c2ccccc2)C(C)(C)C)CC(O)C1O. The first-order valence-electron chi connectivity index (χ1n) is 11.2. The molecule has 5 heteroatoms. The molecule has 1 aliphatic rings. The molecule has 170 valence electrons. The minimum atomic E-state index is -2.67. The van der Waals surface area contributed by atoms with Crippen LogP contribution in [0.4, 0.5) is 0 Å². The van der Waals surface area contributed by atoms with Crippen molar-refractivity contribution in [1.29, 1.82) is 0 Å². The Hall–Kier alpha value is -1.50. The van der Waals surface area contributed by atoms with Crippen molar-refractivity contribution in [3.8, 4) is 0 Å². The van der Waals surface area contributed by atoms with Crippen LogP contribution in [0, 0.1) is 5.92 Å². The Morgan fingerprint density at radius 1 is 0.839 bits per heavy atom. The summed E-state index contributed by atoms with van der Waals surface area (Å²) in [6.07, 6.45) is -1.67. The predicted molar refractivity (Wildman–Crippen MR) is 128 cm³/mol. The Balaban J connectivity index is 2.00. The average molecular weight is 443 g/mol. The Morgan fingerprint density at radius 2 is 1.32 bits per heavy atom. The highest BCUT2D eigenvalue weighted by atomic mass is 28.4. The largest absolute Gasteiger partial charge is 0.407 e. The molecule has 0 radical (unpaired) electrons. The highest BCUT2D eigenvalue weighted by molar-refractivity contribution is 6.99. The number of ether oxygens (including phenoxy) is 1. The van der Waals surface area contributed by atoms with Crippen LogP contribution < -0.4 is 10.4 Å². The van der Waals surface area contributed by atoms with E-state index in [1.807, 2.05) is 32.9 Å². The first-order chi connectivity index (χ1) is 14.5. The van der Waals surface area contributed by atoms with E-state index in [1.165, 1.54) is 10.4 Å². The Bertz CT molecular complexity index is 786. The third-order valence-corrected chi connectivity index (χ3v) is 11.2. The number of hydrogen-bond acceptors (Lipinski definition) is 4. The second-order valence-electron chi connectivity index (χ2n) is 10.7. The maximum absolute atomic E-state index is 10.6. The van der Waals surface area contributed by atoms with E-state index in [2.05, 4.69) is 69.3 Å². The molecule has 0 saturated heterocycles. The molecule has 0 spiro atoms. The summed E-state index contributed by atoms with van der Waals surface area (Å²) in [5.74, 6) is -0.0779. The molecule has 0 amide bonds. The first kappa shape index (κ1) is 24.1. The van der Waals surface area contributed by atoms with Crippen molar-refractivity contribution in [2.75, 3.05) is 6.61 Å². The lowest BCUT2D eigenvalue weighted by Gasteiger charge is -2.44. The normalized spacial score (nSPS) is 25.0. The zero-order valence-corrected chi connectivity index (χ0v) is 20.7. The van der Waals surface area contributed by atoms with Gasteiger partial charge in [0.05, 0.1) is 17.8 Å². The van der Waals surface area contributed by atoms with Crippen molar-refractivity contribution in [2.24, 2.45) is 5.92 Å². The second kappa shape index (κ2) is 9.16. The lowest BCUT2D eigenvalue weighted by Crippen LogP contribution is -2.67. The van der Waals surface area contributed by atoms with Gasteiger partial charge in [-0.25, -0.2) is 0 Å². The van der Waals surface area contributed by atoms with Crippen LogP contribution in [0.5, 0.6) is 0 Å². The summed E-state index contributed by atoms with van der Waals surface area (Å²) >= 11 is 0. The number of rotatable bonds is 6. The highest BCUT2D eigenvalue weighted by Crippen LogP contribution is 2.39. The van der Waals surface area contributed by atoms with E-state index in [-0.39, 0.29) is 11.0 Å². The molecule has 3 rings (SSSR count). The maximum atomic E-state index is 10.6. The molecule has 4 nitrogen and oxygen atoms in total. The van der Waals surface area contributed by atoms with E-state index in [0.717, 1.165) is 0 Å². The van der Waals surface area contributed by atoms with Gasteiger partial charge in [0, 0.05) is 12.5 Å². The Kier molecular flexibility index (Phi) is 7.14. The van der Waals surface area contributed by atoms with E-state index in [1.54, 1.807) is 0 Å². The fraction of sp³-hybridized carbons (Fsp3) is 0.538. The van der Waals surface area contributed by atoms with E-state index >= 15 is 0 Å². The molecule has 1 saturated carbocycles. The summed E-state index contributed by atoms with van der Waals surface area (Å²) < 4.78 is 13.2. The van der Waals surface area contributed by atoms with Gasteiger partial charge in [-0.3, -0.25) is 0 Å². The van der Waals surface area contributed by atoms with Gasteiger partial charge in [-0.1, -0.05) is 81.4 Å². The summed E-state index contributed by atoms with van der Waals surface area (Å²) in [7, 11) is -2.67. The van der Waals surface area contributed by atoms with Crippen molar-refractivity contribution in [3.63, 3.8) is 0 Å². The minimum absolute atomic E-state index is 0.0779. The summed E-state index contributed by atoms with van der Waals surface area (Å²) in [5.41, 5.74) is -0.411. The summed E-state index contributed by atoms with van der Waals surface area (Å²) in [6, 6.07) is 21.1. The fourth-order valence-corrected chi connectivity index (χ4v) is 9.43. The smallest absolute Gasteiger partial charge is 0.261 e. The molecule has 31 heavy (non-hydrogen) atoms. The Labute approximate surface area is 188 Å². The number of benzene rings is 2. The zero-order chi connectivity index (χ0) is 22.9. The van der Waals surface area contributed by atoms with Crippen LogP contribution in [0.1, 0.15) is 48.0 Å². The van der Waals surface area contributed by atoms with Crippen LogP contribution in [-0.4, -0.2) is 49.1 Å². The number of aliphatic hydroxyl groups excluding tert-OH is 2. The van der Waals surface area contributed by atoms with Gasteiger partial charge in [0.1, 0.15) is 6.10 Å². The molecule has 2 N–H and O–H groups in total. The van der Waals surface area contributed by atoms with Gasteiger partial charge in [0.2, 0.25) is 0 Å². The second-order valence-corrected chi connectivity index (χ2v) is 15.0. The quantitative estimate of drug-likeness (QED) is 0.673. The van der Waals surface area contributed by atoms with Crippen LogP contribution >= 0.6 is 0 Å². The van der Waals surface area contributed by atoms with Crippen LogP contribution in [0.15, 0.2) is 60.7 Å². The first-order valence-corrected chi connectivity index (χ1v) is 13.2. The van der Waals surface area contributed by atoms with E-state index < -0.39 is 32.2 Å². The molecule has 2 aromatic carbocycles. The van der Waals surface area contributed by atoms with Crippen molar-refractivity contribution >= 4 is 18.7 Å². The fourth-order valence-electron chi connectivity index (χ4n) is 4.81. The van der Waals surface area contributed by atoms with E-state index in [4.69, 9.17) is 9.16 Å². The molecule has 0 aromatic heterocycles. The predicted octanol–water partition coefficient (Wildman–Crippen LogP) is 3.49.